The van der Waals surface area contributed by atoms with E-state index in [2.05, 4.69) is 17.2 Å². The van der Waals surface area contributed by atoms with Crippen LogP contribution in [0, 0.1) is 13.8 Å². The first kappa shape index (κ1) is 13.8. The molecule has 0 atom stereocenters. The zero-order valence-corrected chi connectivity index (χ0v) is 12.5. The molecule has 0 N–H and O–H groups in total. The van der Waals surface area contributed by atoms with Crippen molar-refractivity contribution in [2.45, 2.75) is 32.7 Å². The van der Waals surface area contributed by atoms with Crippen molar-refractivity contribution in [2.75, 3.05) is 13.1 Å². The fourth-order valence-corrected chi connectivity index (χ4v) is 2.80. The monoisotopic (exact) mass is 284 g/mol. The Hall–Kier alpha value is -2.17. The normalized spacial score (nSPS) is 16.2. The van der Waals surface area contributed by atoms with E-state index in [1.807, 2.05) is 40.9 Å². The SMILES string of the molecule is Cc1ccc(C(=O)N2CCC(n3ccnn3)CC2)cc1C. The van der Waals surface area contributed by atoms with Gasteiger partial charge in [-0.05, 0) is 49.9 Å². The predicted molar refractivity (Wildman–Crippen MR) is 80.1 cm³/mol. The number of amides is 1. The molecule has 2 aromatic rings. The van der Waals surface area contributed by atoms with Crippen LogP contribution in [0.25, 0.3) is 0 Å². The smallest absolute Gasteiger partial charge is 0.253 e. The number of nitrogens with zero attached hydrogens (tertiary/aromatic N) is 4. The van der Waals surface area contributed by atoms with E-state index in [0.29, 0.717) is 6.04 Å². The minimum atomic E-state index is 0.134. The Kier molecular flexibility index (Phi) is 3.73. The molecule has 5 nitrogen and oxygen atoms in total. The summed E-state index contributed by atoms with van der Waals surface area (Å²) in [6.45, 7) is 5.66. The second kappa shape index (κ2) is 5.68. The Labute approximate surface area is 124 Å². The van der Waals surface area contributed by atoms with Crippen molar-refractivity contribution in [1.82, 2.24) is 19.9 Å². The maximum absolute atomic E-state index is 12.5. The van der Waals surface area contributed by atoms with Crippen molar-refractivity contribution in [3.8, 4) is 0 Å². The van der Waals surface area contributed by atoms with E-state index in [0.717, 1.165) is 31.5 Å². The summed E-state index contributed by atoms with van der Waals surface area (Å²) in [5.41, 5.74) is 3.17. The van der Waals surface area contributed by atoms with Crippen LogP contribution in [0.1, 0.15) is 40.4 Å². The van der Waals surface area contributed by atoms with Gasteiger partial charge in [-0.1, -0.05) is 11.3 Å². The molecular weight excluding hydrogens is 264 g/mol. The number of carbonyl (C=O) groups excluding carboxylic acids is 1. The molecule has 1 amide bonds. The minimum Gasteiger partial charge on any atom is -0.338 e. The second-order valence-corrected chi connectivity index (χ2v) is 5.71. The quantitative estimate of drug-likeness (QED) is 0.850. The summed E-state index contributed by atoms with van der Waals surface area (Å²) in [4.78, 5) is 14.5. The van der Waals surface area contributed by atoms with Gasteiger partial charge in [-0.3, -0.25) is 4.79 Å². The molecule has 0 bridgehead atoms. The van der Waals surface area contributed by atoms with Crippen LogP contribution in [0.3, 0.4) is 0 Å². The van der Waals surface area contributed by atoms with Crippen LogP contribution in [-0.4, -0.2) is 38.9 Å². The van der Waals surface area contributed by atoms with Crippen molar-refractivity contribution >= 4 is 5.91 Å². The number of rotatable bonds is 2. The highest BCUT2D eigenvalue weighted by molar-refractivity contribution is 5.94. The summed E-state index contributed by atoms with van der Waals surface area (Å²) in [6, 6.07) is 6.29. The lowest BCUT2D eigenvalue weighted by atomic mass is 10.0. The van der Waals surface area contributed by atoms with Gasteiger partial charge < -0.3 is 4.90 Å². The van der Waals surface area contributed by atoms with Crippen molar-refractivity contribution in [3.63, 3.8) is 0 Å². The van der Waals surface area contributed by atoms with Crippen LogP contribution in [0.5, 0.6) is 0 Å². The van der Waals surface area contributed by atoms with E-state index in [1.54, 1.807) is 6.20 Å². The molecule has 1 fully saturated rings. The first-order valence-corrected chi connectivity index (χ1v) is 7.37. The van der Waals surface area contributed by atoms with Crippen molar-refractivity contribution < 1.29 is 4.79 Å². The molecule has 0 radical (unpaired) electrons. The highest BCUT2D eigenvalue weighted by atomic mass is 16.2. The molecule has 5 heteroatoms. The summed E-state index contributed by atoms with van der Waals surface area (Å²) in [7, 11) is 0. The van der Waals surface area contributed by atoms with E-state index in [9.17, 15) is 4.79 Å². The molecule has 1 aliphatic rings. The lowest BCUT2D eigenvalue weighted by molar-refractivity contribution is 0.0689. The predicted octanol–water partition coefficient (Wildman–Crippen LogP) is 2.37. The van der Waals surface area contributed by atoms with E-state index < -0.39 is 0 Å². The van der Waals surface area contributed by atoms with Gasteiger partial charge in [0.25, 0.3) is 5.91 Å². The maximum atomic E-state index is 12.5. The molecule has 21 heavy (non-hydrogen) atoms. The summed E-state index contributed by atoms with van der Waals surface area (Å²) in [5.74, 6) is 0.134. The Balaban J connectivity index is 1.66. The fraction of sp³-hybridized carbons (Fsp3) is 0.438. The molecule has 3 rings (SSSR count). The van der Waals surface area contributed by atoms with Gasteiger partial charge in [0.1, 0.15) is 0 Å². The summed E-state index contributed by atoms with van der Waals surface area (Å²) < 4.78 is 1.90. The summed E-state index contributed by atoms with van der Waals surface area (Å²) >= 11 is 0. The van der Waals surface area contributed by atoms with Gasteiger partial charge in [0, 0.05) is 24.8 Å². The number of aromatic nitrogens is 3. The molecule has 0 aliphatic carbocycles. The third-order valence-electron chi connectivity index (χ3n) is 4.32. The first-order valence-electron chi connectivity index (χ1n) is 7.37. The summed E-state index contributed by atoms with van der Waals surface area (Å²) in [5, 5.41) is 7.90. The zero-order valence-electron chi connectivity index (χ0n) is 12.5. The Morgan fingerprint density at radius 1 is 1.19 bits per heavy atom. The largest absolute Gasteiger partial charge is 0.338 e. The molecule has 1 aliphatic heterocycles. The Morgan fingerprint density at radius 2 is 1.95 bits per heavy atom. The van der Waals surface area contributed by atoms with Gasteiger partial charge in [0.2, 0.25) is 0 Å². The third-order valence-corrected chi connectivity index (χ3v) is 4.32. The van der Waals surface area contributed by atoms with Gasteiger partial charge in [0.15, 0.2) is 0 Å². The molecule has 0 spiro atoms. The van der Waals surface area contributed by atoms with E-state index in [-0.39, 0.29) is 5.91 Å². The highest BCUT2D eigenvalue weighted by Crippen LogP contribution is 2.23. The topological polar surface area (TPSA) is 51.0 Å². The van der Waals surface area contributed by atoms with Crippen LogP contribution < -0.4 is 0 Å². The van der Waals surface area contributed by atoms with Gasteiger partial charge in [-0.25, -0.2) is 4.68 Å². The van der Waals surface area contributed by atoms with Crippen LogP contribution in [0.15, 0.2) is 30.6 Å². The lowest BCUT2D eigenvalue weighted by Gasteiger charge is -2.32. The lowest BCUT2D eigenvalue weighted by Crippen LogP contribution is -2.39. The molecule has 1 saturated heterocycles. The summed E-state index contributed by atoms with van der Waals surface area (Å²) in [6.07, 6.45) is 5.46. The molecule has 0 saturated carbocycles. The molecule has 1 aromatic heterocycles. The third kappa shape index (κ3) is 2.82. The van der Waals surface area contributed by atoms with Gasteiger partial charge in [0.05, 0.1) is 12.2 Å². The Morgan fingerprint density at radius 3 is 2.57 bits per heavy atom. The number of benzene rings is 1. The maximum Gasteiger partial charge on any atom is 0.253 e. The van der Waals surface area contributed by atoms with Crippen molar-refractivity contribution in [2.24, 2.45) is 0 Å². The second-order valence-electron chi connectivity index (χ2n) is 5.71. The van der Waals surface area contributed by atoms with Gasteiger partial charge >= 0.3 is 0 Å². The van der Waals surface area contributed by atoms with Gasteiger partial charge in [-0.2, -0.15) is 0 Å². The fourth-order valence-electron chi connectivity index (χ4n) is 2.80. The molecule has 110 valence electrons. The molecular formula is C16H20N4O. The number of piperidine rings is 1. The average molecular weight is 284 g/mol. The average Bonchev–Trinajstić information content (AvgIpc) is 3.04. The molecule has 1 aromatic carbocycles. The number of likely N-dealkylation sites (tertiary alicyclic amines) is 1. The number of hydrogen-bond acceptors (Lipinski definition) is 3. The Bertz CT molecular complexity index is 628. The van der Waals surface area contributed by atoms with Gasteiger partial charge in [-0.15, -0.1) is 5.10 Å². The van der Waals surface area contributed by atoms with Crippen LogP contribution in [0.2, 0.25) is 0 Å². The number of carbonyl (C=O) groups is 1. The van der Waals surface area contributed by atoms with Crippen LogP contribution in [0.4, 0.5) is 0 Å². The first-order chi connectivity index (χ1) is 10.1. The highest BCUT2D eigenvalue weighted by Gasteiger charge is 2.25. The van der Waals surface area contributed by atoms with E-state index >= 15 is 0 Å². The van der Waals surface area contributed by atoms with Crippen LogP contribution in [-0.2, 0) is 0 Å². The van der Waals surface area contributed by atoms with Crippen molar-refractivity contribution in [1.29, 1.82) is 0 Å². The van der Waals surface area contributed by atoms with E-state index in [4.69, 9.17) is 0 Å². The van der Waals surface area contributed by atoms with Crippen molar-refractivity contribution in [3.05, 3.63) is 47.3 Å². The minimum absolute atomic E-state index is 0.134. The molecule has 0 unspecified atom stereocenters. The molecule has 2 heterocycles. The van der Waals surface area contributed by atoms with Crippen LogP contribution >= 0.6 is 0 Å². The zero-order chi connectivity index (χ0) is 14.8. The van der Waals surface area contributed by atoms with E-state index in [1.165, 1.54) is 11.1 Å². The number of aryl methyl sites for hydroxylation is 2. The standard InChI is InChI=1S/C16H20N4O/c1-12-3-4-14(11-13(12)2)16(21)19-8-5-15(6-9-19)20-10-7-17-18-20/h3-4,7,10-11,15H,5-6,8-9H2,1-2H3. The number of hydrogen-bond donors (Lipinski definition) is 0.